The molecule has 172 valence electrons. The second-order valence-electron chi connectivity index (χ2n) is 8.47. The zero-order chi connectivity index (χ0) is 22.9. The molecule has 0 atom stereocenters. The molecule has 1 fully saturated rings. The summed E-state index contributed by atoms with van der Waals surface area (Å²) in [5.74, 6) is -0.0215. The highest BCUT2D eigenvalue weighted by Gasteiger charge is 2.27. The molecule has 4 rings (SSSR count). The molecule has 0 spiro atoms. The molecule has 1 saturated heterocycles. The molecule has 0 aromatic heterocycles. The quantitative estimate of drug-likeness (QED) is 0.639. The lowest BCUT2D eigenvalue weighted by Crippen LogP contribution is -2.35. The van der Waals surface area contributed by atoms with E-state index < -0.39 is 19.9 Å². The number of nitrogens with zero attached hydrogens (tertiary/aromatic N) is 2. The summed E-state index contributed by atoms with van der Waals surface area (Å²) in [6, 6.07) is 11.7. The second-order valence-corrected chi connectivity index (χ2v) is 12.4. The van der Waals surface area contributed by atoms with E-state index >= 15 is 0 Å². The molecule has 2 aromatic rings. The van der Waals surface area contributed by atoms with Crippen LogP contribution in [0, 0.1) is 0 Å². The lowest BCUT2D eigenvalue weighted by molar-refractivity contribution is -0.118. The number of carbonyl (C=O) groups is 1. The van der Waals surface area contributed by atoms with Crippen LogP contribution in [-0.4, -0.2) is 52.9 Å². The number of rotatable bonds is 6. The van der Waals surface area contributed by atoms with Crippen LogP contribution in [-0.2, 0) is 37.5 Å². The van der Waals surface area contributed by atoms with Crippen LogP contribution in [0.5, 0.6) is 0 Å². The van der Waals surface area contributed by atoms with Gasteiger partial charge in [0.1, 0.15) is 0 Å². The minimum absolute atomic E-state index is 0.0215. The Labute approximate surface area is 190 Å². The topological polar surface area (TPSA) is 91.8 Å². The van der Waals surface area contributed by atoms with Gasteiger partial charge < -0.3 is 4.90 Å². The zero-order valence-corrected chi connectivity index (χ0v) is 19.8. The van der Waals surface area contributed by atoms with Gasteiger partial charge in [0.15, 0.2) is 9.84 Å². The number of fused-ring (bicyclic) bond motifs is 1. The van der Waals surface area contributed by atoms with Crippen LogP contribution in [0.15, 0.2) is 52.3 Å². The molecule has 7 nitrogen and oxygen atoms in total. The first-order chi connectivity index (χ1) is 15.2. The van der Waals surface area contributed by atoms with Crippen molar-refractivity contribution in [3.63, 3.8) is 0 Å². The minimum atomic E-state index is -3.44. The Morgan fingerprint density at radius 1 is 0.875 bits per heavy atom. The fraction of sp³-hybridized carbons (Fsp3) is 0.435. The van der Waals surface area contributed by atoms with Crippen molar-refractivity contribution in [2.45, 2.75) is 48.3 Å². The van der Waals surface area contributed by atoms with E-state index in [2.05, 4.69) is 0 Å². The molecule has 0 bridgehead atoms. The Kier molecular flexibility index (Phi) is 6.42. The van der Waals surface area contributed by atoms with Gasteiger partial charge in [-0.05, 0) is 73.6 Å². The summed E-state index contributed by atoms with van der Waals surface area (Å²) in [6.07, 6.45) is 5.32. The van der Waals surface area contributed by atoms with Gasteiger partial charge in [-0.1, -0.05) is 12.1 Å². The molecule has 32 heavy (non-hydrogen) atoms. The second kappa shape index (κ2) is 8.96. The van der Waals surface area contributed by atoms with Crippen molar-refractivity contribution in [3.05, 3.63) is 53.6 Å². The number of hydrogen-bond donors (Lipinski definition) is 0. The first-order valence-electron chi connectivity index (χ1n) is 10.9. The Hall–Kier alpha value is -2.23. The SMILES string of the molecule is CS(=O)(=O)c1ccc2c(c1)CCCN2C(=O)CCc1ccc(S(=O)(=O)N2CCCC2)cc1. The molecule has 2 aliphatic rings. The molecule has 0 radical (unpaired) electrons. The third-order valence-corrected chi connectivity index (χ3v) is 9.18. The highest BCUT2D eigenvalue weighted by molar-refractivity contribution is 7.90. The molecule has 0 aliphatic carbocycles. The van der Waals surface area contributed by atoms with Crippen molar-refractivity contribution in [1.29, 1.82) is 0 Å². The fourth-order valence-corrected chi connectivity index (χ4v) is 6.54. The molecule has 1 amide bonds. The van der Waals surface area contributed by atoms with E-state index in [9.17, 15) is 21.6 Å². The van der Waals surface area contributed by atoms with E-state index in [1.165, 1.54) is 10.6 Å². The van der Waals surface area contributed by atoms with Crippen LogP contribution < -0.4 is 4.90 Å². The van der Waals surface area contributed by atoms with E-state index in [-0.39, 0.29) is 10.8 Å². The smallest absolute Gasteiger partial charge is 0.243 e. The number of aryl methyl sites for hydroxylation is 2. The molecule has 9 heteroatoms. The largest absolute Gasteiger partial charge is 0.312 e. The molecule has 2 aromatic carbocycles. The lowest BCUT2D eigenvalue weighted by Gasteiger charge is -2.30. The van der Waals surface area contributed by atoms with Crippen LogP contribution in [0.25, 0.3) is 0 Å². The first kappa shape index (κ1) is 22.9. The monoisotopic (exact) mass is 476 g/mol. The van der Waals surface area contributed by atoms with Crippen LogP contribution in [0.4, 0.5) is 5.69 Å². The van der Waals surface area contributed by atoms with Gasteiger partial charge in [-0.2, -0.15) is 4.31 Å². The average molecular weight is 477 g/mol. The molecule has 2 aliphatic heterocycles. The van der Waals surface area contributed by atoms with Crippen LogP contribution in [0.1, 0.15) is 36.8 Å². The Morgan fingerprint density at radius 3 is 2.19 bits per heavy atom. The maximum absolute atomic E-state index is 12.9. The van der Waals surface area contributed by atoms with E-state index in [4.69, 9.17) is 0 Å². The summed E-state index contributed by atoms with van der Waals surface area (Å²) in [7, 11) is -6.73. The van der Waals surface area contributed by atoms with Crippen molar-refractivity contribution in [3.8, 4) is 0 Å². The highest BCUT2D eigenvalue weighted by Crippen LogP contribution is 2.30. The van der Waals surface area contributed by atoms with Gasteiger partial charge in [0, 0.05) is 38.0 Å². The minimum Gasteiger partial charge on any atom is -0.312 e. The van der Waals surface area contributed by atoms with Gasteiger partial charge in [0.05, 0.1) is 9.79 Å². The summed E-state index contributed by atoms with van der Waals surface area (Å²) >= 11 is 0. The predicted octanol–water partition coefficient (Wildman–Crippen LogP) is 2.79. The number of sulfone groups is 1. The average Bonchev–Trinajstić information content (AvgIpc) is 3.32. The Morgan fingerprint density at radius 2 is 1.53 bits per heavy atom. The highest BCUT2D eigenvalue weighted by atomic mass is 32.2. The standard InChI is InChI=1S/C23H28N2O5S2/c1-31(27,28)21-11-12-22-19(17-21)5-4-16-25(22)23(26)13-8-18-6-9-20(10-7-18)32(29,30)24-14-2-3-15-24/h6-7,9-12,17H,2-5,8,13-16H2,1H3. The van der Waals surface area contributed by atoms with Gasteiger partial charge in [-0.3, -0.25) is 4.79 Å². The van der Waals surface area contributed by atoms with E-state index in [1.807, 2.05) is 0 Å². The summed E-state index contributed by atoms with van der Waals surface area (Å²) in [5.41, 5.74) is 2.56. The molecular formula is C23H28N2O5S2. The zero-order valence-electron chi connectivity index (χ0n) is 18.2. The molecule has 0 saturated carbocycles. The van der Waals surface area contributed by atoms with Gasteiger partial charge >= 0.3 is 0 Å². The Bertz CT molecular complexity index is 1220. The van der Waals surface area contributed by atoms with Crippen molar-refractivity contribution in [2.24, 2.45) is 0 Å². The van der Waals surface area contributed by atoms with Crippen LogP contribution in [0.2, 0.25) is 0 Å². The van der Waals surface area contributed by atoms with Crippen LogP contribution in [0.3, 0.4) is 0 Å². The van der Waals surface area contributed by atoms with Gasteiger partial charge in [0.25, 0.3) is 0 Å². The van der Waals surface area contributed by atoms with Crippen molar-refractivity contribution in [2.75, 3.05) is 30.8 Å². The number of anilines is 1. The van der Waals surface area contributed by atoms with E-state index in [0.29, 0.717) is 37.4 Å². The normalized spacial score (nSPS) is 17.3. The summed E-state index contributed by atoms with van der Waals surface area (Å²) in [5, 5.41) is 0. The lowest BCUT2D eigenvalue weighted by atomic mass is 10.0. The van der Waals surface area contributed by atoms with Crippen molar-refractivity contribution < 1.29 is 21.6 Å². The van der Waals surface area contributed by atoms with Crippen LogP contribution >= 0.6 is 0 Å². The Balaban J connectivity index is 1.42. The molecule has 2 heterocycles. The van der Waals surface area contributed by atoms with Gasteiger partial charge in [-0.25, -0.2) is 16.8 Å². The number of amides is 1. The summed E-state index contributed by atoms with van der Waals surface area (Å²) in [6.45, 7) is 1.75. The number of benzene rings is 2. The molecule has 0 unspecified atom stereocenters. The third kappa shape index (κ3) is 4.74. The van der Waals surface area contributed by atoms with E-state index in [1.54, 1.807) is 47.4 Å². The molecule has 0 N–H and O–H groups in total. The summed E-state index contributed by atoms with van der Waals surface area (Å²) < 4.78 is 50.5. The maximum Gasteiger partial charge on any atom is 0.243 e. The fourth-order valence-electron chi connectivity index (χ4n) is 4.36. The number of hydrogen-bond acceptors (Lipinski definition) is 5. The van der Waals surface area contributed by atoms with Crippen molar-refractivity contribution >= 4 is 31.5 Å². The predicted molar refractivity (Wildman–Crippen MR) is 123 cm³/mol. The van der Waals surface area contributed by atoms with E-state index in [0.717, 1.165) is 42.5 Å². The maximum atomic E-state index is 12.9. The first-order valence-corrected chi connectivity index (χ1v) is 14.2. The number of carbonyl (C=O) groups excluding carboxylic acids is 1. The summed E-state index contributed by atoms with van der Waals surface area (Å²) in [4.78, 5) is 15.2. The van der Waals surface area contributed by atoms with Gasteiger partial charge in [0.2, 0.25) is 15.9 Å². The molecular weight excluding hydrogens is 448 g/mol. The van der Waals surface area contributed by atoms with Gasteiger partial charge in [-0.15, -0.1) is 0 Å². The number of sulfonamides is 1. The van der Waals surface area contributed by atoms with Crippen molar-refractivity contribution in [1.82, 2.24) is 4.31 Å². The third-order valence-electron chi connectivity index (χ3n) is 6.15.